The van der Waals surface area contributed by atoms with E-state index in [1.807, 2.05) is 37.3 Å². The third-order valence-electron chi connectivity index (χ3n) is 4.29. The van der Waals surface area contributed by atoms with Gasteiger partial charge in [0.2, 0.25) is 0 Å². The van der Waals surface area contributed by atoms with Gasteiger partial charge in [-0.1, -0.05) is 37.3 Å². The van der Waals surface area contributed by atoms with Crippen LogP contribution in [0.4, 0.5) is 0 Å². The molecule has 2 unspecified atom stereocenters. The molecule has 0 aliphatic rings. The Balaban J connectivity index is 2.77. The highest BCUT2D eigenvalue weighted by atomic mass is 16.6. The number of carboxylic acid groups (broad SMARTS) is 1. The normalized spacial score (nSPS) is 14.9. The predicted molar refractivity (Wildman–Crippen MR) is 99.7 cm³/mol. The van der Waals surface area contributed by atoms with Gasteiger partial charge in [-0.2, -0.15) is 0 Å². The number of hydrogen-bond donors (Lipinski definition) is 1. The van der Waals surface area contributed by atoms with E-state index < -0.39 is 29.4 Å². The summed E-state index contributed by atoms with van der Waals surface area (Å²) in [6.07, 6.45) is 2.45. The van der Waals surface area contributed by atoms with Gasteiger partial charge < -0.3 is 14.6 Å². The van der Waals surface area contributed by atoms with Crippen molar-refractivity contribution >= 4 is 18.2 Å². The number of aliphatic carboxylic acids is 1. The molecule has 5 nitrogen and oxygen atoms in total. The number of carboxylic acids is 1. The maximum Gasteiger partial charge on any atom is 0.310 e. The van der Waals surface area contributed by atoms with Crippen molar-refractivity contribution in [2.45, 2.75) is 59.0 Å². The lowest BCUT2D eigenvalue weighted by Crippen LogP contribution is -2.36. The predicted octanol–water partition coefficient (Wildman–Crippen LogP) is 3.89. The molecule has 3 atom stereocenters. The molecule has 5 heteroatoms. The minimum absolute atomic E-state index is 0.105. The lowest BCUT2D eigenvalue weighted by molar-refractivity contribution is -0.167. The van der Waals surface area contributed by atoms with Crippen molar-refractivity contribution in [3.8, 4) is 0 Å². The lowest BCUT2D eigenvalue weighted by Gasteiger charge is -2.27. The molecule has 0 aromatic heterocycles. The molecule has 0 radical (unpaired) electrons. The maximum atomic E-state index is 12.4. The Morgan fingerprint density at radius 2 is 1.77 bits per heavy atom. The van der Waals surface area contributed by atoms with E-state index in [0.29, 0.717) is 12.7 Å². The Morgan fingerprint density at radius 3 is 2.27 bits per heavy atom. The van der Waals surface area contributed by atoms with Crippen LogP contribution >= 0.6 is 0 Å². The van der Waals surface area contributed by atoms with Crippen molar-refractivity contribution in [1.29, 1.82) is 0 Å². The molecule has 1 rings (SSSR count). The van der Waals surface area contributed by atoms with Crippen LogP contribution in [-0.2, 0) is 25.5 Å². The third kappa shape index (κ3) is 7.81. The summed E-state index contributed by atoms with van der Waals surface area (Å²) < 4.78 is 5.33. The first-order chi connectivity index (χ1) is 12.1. The fourth-order valence-electron chi connectivity index (χ4n) is 2.95. The van der Waals surface area contributed by atoms with Crippen molar-refractivity contribution in [3.63, 3.8) is 0 Å². The highest BCUT2D eigenvalue weighted by molar-refractivity contribution is 5.83. The number of carbonyl (C=O) groups is 3. The van der Waals surface area contributed by atoms with E-state index in [9.17, 15) is 19.5 Å². The van der Waals surface area contributed by atoms with Gasteiger partial charge in [-0.05, 0) is 51.5 Å². The van der Waals surface area contributed by atoms with Crippen LogP contribution in [0.15, 0.2) is 30.3 Å². The maximum absolute atomic E-state index is 12.4. The van der Waals surface area contributed by atoms with E-state index in [1.165, 1.54) is 5.56 Å². The van der Waals surface area contributed by atoms with Crippen molar-refractivity contribution < 1.29 is 24.2 Å². The van der Waals surface area contributed by atoms with Gasteiger partial charge in [0, 0.05) is 6.42 Å². The summed E-state index contributed by atoms with van der Waals surface area (Å²) in [5, 5.41) is 9.63. The topological polar surface area (TPSA) is 80.7 Å². The molecule has 1 aromatic carbocycles. The molecule has 1 aromatic rings. The second-order valence-electron chi connectivity index (χ2n) is 7.85. The van der Waals surface area contributed by atoms with Gasteiger partial charge in [-0.15, -0.1) is 0 Å². The number of hydrogen-bond acceptors (Lipinski definition) is 4. The van der Waals surface area contributed by atoms with E-state index in [2.05, 4.69) is 0 Å². The molecule has 0 saturated carbocycles. The first-order valence-electron chi connectivity index (χ1n) is 9.07. The molecule has 0 heterocycles. The number of carbonyl (C=O) groups excluding carboxylic acids is 2. The van der Waals surface area contributed by atoms with Gasteiger partial charge in [-0.3, -0.25) is 9.59 Å². The molecular weight excluding hydrogens is 332 g/mol. The van der Waals surface area contributed by atoms with Gasteiger partial charge >= 0.3 is 11.9 Å². The zero-order valence-corrected chi connectivity index (χ0v) is 16.1. The lowest BCUT2D eigenvalue weighted by atomic mass is 9.81. The quantitative estimate of drug-likeness (QED) is 0.504. The number of ether oxygens (including phenoxy) is 1. The molecule has 0 spiro atoms. The molecule has 144 valence electrons. The number of rotatable bonds is 10. The second kappa shape index (κ2) is 10.1. The molecule has 0 saturated heterocycles. The summed E-state index contributed by atoms with van der Waals surface area (Å²) in [5.74, 6) is -3.46. The molecule has 0 aliphatic carbocycles. The Hall–Kier alpha value is -2.17. The Morgan fingerprint density at radius 1 is 1.15 bits per heavy atom. The molecule has 0 aliphatic heterocycles. The number of aryl methyl sites for hydroxylation is 1. The summed E-state index contributed by atoms with van der Waals surface area (Å²) in [4.78, 5) is 35.2. The minimum atomic E-state index is -1.06. The summed E-state index contributed by atoms with van der Waals surface area (Å²) >= 11 is 0. The fourth-order valence-corrected chi connectivity index (χ4v) is 2.95. The summed E-state index contributed by atoms with van der Waals surface area (Å²) in [5.41, 5.74) is 0.475. The SMILES string of the molecule is CC(CCc1ccccc1)CC(C(=O)O)[C@H](CC=O)C(=O)OC(C)(C)C. The third-order valence-corrected chi connectivity index (χ3v) is 4.29. The number of benzene rings is 1. The van der Waals surface area contributed by atoms with Crippen LogP contribution in [0.1, 0.15) is 52.5 Å². The van der Waals surface area contributed by atoms with Gasteiger partial charge in [0.1, 0.15) is 11.9 Å². The van der Waals surface area contributed by atoms with Crippen LogP contribution in [0.25, 0.3) is 0 Å². The Kier molecular flexibility index (Phi) is 8.49. The van der Waals surface area contributed by atoms with Gasteiger partial charge in [-0.25, -0.2) is 0 Å². The van der Waals surface area contributed by atoms with Crippen LogP contribution in [0, 0.1) is 17.8 Å². The van der Waals surface area contributed by atoms with E-state index >= 15 is 0 Å². The molecule has 0 bridgehead atoms. The molecule has 26 heavy (non-hydrogen) atoms. The van der Waals surface area contributed by atoms with E-state index in [-0.39, 0.29) is 12.3 Å². The fraction of sp³-hybridized carbons (Fsp3) is 0.571. The zero-order chi connectivity index (χ0) is 19.7. The van der Waals surface area contributed by atoms with Crippen molar-refractivity contribution in [2.24, 2.45) is 17.8 Å². The van der Waals surface area contributed by atoms with Gasteiger partial charge in [0.25, 0.3) is 0 Å². The van der Waals surface area contributed by atoms with Gasteiger partial charge in [0.15, 0.2) is 0 Å². The highest BCUT2D eigenvalue weighted by Crippen LogP contribution is 2.28. The Labute approximate surface area is 155 Å². The molecular formula is C21H30O5. The molecule has 0 amide bonds. The standard InChI is InChI=1S/C21H30O5/c1-15(10-11-16-8-6-5-7-9-16)14-18(19(23)24)17(12-13-22)20(25)26-21(2,3)4/h5-9,13,15,17-18H,10-12,14H2,1-4H3,(H,23,24)/t15?,17-,18?/m0/s1. The van der Waals surface area contributed by atoms with Crippen molar-refractivity contribution in [2.75, 3.05) is 0 Å². The number of aldehydes is 1. The van der Waals surface area contributed by atoms with Crippen molar-refractivity contribution in [1.82, 2.24) is 0 Å². The van der Waals surface area contributed by atoms with Crippen LogP contribution in [-0.4, -0.2) is 28.9 Å². The summed E-state index contributed by atoms with van der Waals surface area (Å²) in [7, 11) is 0. The van der Waals surface area contributed by atoms with Gasteiger partial charge in [0.05, 0.1) is 11.8 Å². The minimum Gasteiger partial charge on any atom is -0.481 e. The van der Waals surface area contributed by atoms with E-state index in [4.69, 9.17) is 4.74 Å². The first-order valence-corrected chi connectivity index (χ1v) is 9.07. The number of esters is 1. The highest BCUT2D eigenvalue weighted by Gasteiger charge is 2.37. The van der Waals surface area contributed by atoms with Crippen molar-refractivity contribution in [3.05, 3.63) is 35.9 Å². The average molecular weight is 362 g/mol. The first kappa shape index (κ1) is 21.9. The summed E-state index contributed by atoms with van der Waals surface area (Å²) in [6.45, 7) is 7.15. The monoisotopic (exact) mass is 362 g/mol. The average Bonchev–Trinajstić information content (AvgIpc) is 2.55. The molecule has 1 N–H and O–H groups in total. The smallest absolute Gasteiger partial charge is 0.310 e. The molecule has 0 fully saturated rings. The second-order valence-corrected chi connectivity index (χ2v) is 7.85. The van der Waals surface area contributed by atoms with E-state index in [0.717, 1.165) is 12.8 Å². The van der Waals surface area contributed by atoms with Crippen LogP contribution in [0.5, 0.6) is 0 Å². The van der Waals surface area contributed by atoms with Crippen LogP contribution in [0.3, 0.4) is 0 Å². The van der Waals surface area contributed by atoms with E-state index in [1.54, 1.807) is 20.8 Å². The Bertz CT molecular complexity index is 588. The van der Waals surface area contributed by atoms with Crippen LogP contribution in [0.2, 0.25) is 0 Å². The van der Waals surface area contributed by atoms with Crippen LogP contribution < -0.4 is 0 Å². The largest absolute Gasteiger partial charge is 0.481 e. The zero-order valence-electron chi connectivity index (χ0n) is 16.1. The summed E-state index contributed by atoms with van der Waals surface area (Å²) in [6, 6.07) is 9.98.